The van der Waals surface area contributed by atoms with Gasteiger partial charge in [0.1, 0.15) is 0 Å². The van der Waals surface area contributed by atoms with Gasteiger partial charge in [0, 0.05) is 6.54 Å². The Morgan fingerprint density at radius 1 is 1.00 bits per heavy atom. The third kappa shape index (κ3) is 6.74. The maximum atomic E-state index is 11.7. The van der Waals surface area contributed by atoms with E-state index >= 15 is 0 Å². The first-order chi connectivity index (χ1) is 9.27. The summed E-state index contributed by atoms with van der Waals surface area (Å²) in [6.07, 6.45) is 3.69. The molecule has 0 atom stereocenters. The predicted octanol–water partition coefficient (Wildman–Crippen LogP) is 4.27. The monoisotopic (exact) mass is 285 g/mol. The van der Waals surface area contributed by atoms with Gasteiger partial charge in [-0.1, -0.05) is 41.5 Å². The summed E-state index contributed by atoms with van der Waals surface area (Å²) in [5.74, 6) is 0.694. The molecule has 0 aliphatic heterocycles. The summed E-state index contributed by atoms with van der Waals surface area (Å²) in [5.41, 5.74) is -0.575. The van der Waals surface area contributed by atoms with E-state index in [0.717, 1.165) is 25.9 Å². The van der Waals surface area contributed by atoms with Gasteiger partial charge in [-0.05, 0) is 50.6 Å². The zero-order chi connectivity index (χ0) is 15.8. The first-order valence-corrected chi connectivity index (χ1v) is 8.23. The van der Waals surface area contributed by atoms with Crippen LogP contribution in [0.1, 0.15) is 67.2 Å². The first kappa shape index (κ1) is 19.4. The molecule has 3 heteroatoms. The first-order valence-electron chi connectivity index (χ1n) is 8.23. The van der Waals surface area contributed by atoms with Crippen molar-refractivity contribution >= 4 is 5.97 Å². The van der Waals surface area contributed by atoms with Crippen LogP contribution in [0.25, 0.3) is 0 Å². The molecule has 0 aromatic rings. The van der Waals surface area contributed by atoms with Crippen molar-refractivity contribution in [1.29, 1.82) is 0 Å². The summed E-state index contributed by atoms with van der Waals surface area (Å²) in [7, 11) is 0. The largest absolute Gasteiger partial charge is 0.481 e. The quantitative estimate of drug-likeness (QED) is 0.616. The standard InChI is InChI=1S/C17H35NO2/c1-7-17(8-2,16(19)20)13-18(11-9-14(3)4)12-10-15(5)6/h14-15H,7-13H2,1-6H3,(H,19,20). The molecule has 3 nitrogen and oxygen atoms in total. The van der Waals surface area contributed by atoms with Gasteiger partial charge in [-0.2, -0.15) is 0 Å². The van der Waals surface area contributed by atoms with Crippen LogP contribution in [0.2, 0.25) is 0 Å². The van der Waals surface area contributed by atoms with Gasteiger partial charge >= 0.3 is 5.97 Å². The van der Waals surface area contributed by atoms with Crippen LogP contribution >= 0.6 is 0 Å². The SMILES string of the molecule is CCC(CC)(CN(CCC(C)C)CCC(C)C)C(=O)O. The van der Waals surface area contributed by atoms with E-state index in [2.05, 4.69) is 32.6 Å². The second-order valence-corrected chi connectivity index (χ2v) is 6.93. The van der Waals surface area contributed by atoms with Crippen LogP contribution < -0.4 is 0 Å². The van der Waals surface area contributed by atoms with Crippen molar-refractivity contribution in [2.45, 2.75) is 67.2 Å². The molecule has 0 spiro atoms. The van der Waals surface area contributed by atoms with Crippen molar-refractivity contribution in [1.82, 2.24) is 4.90 Å². The Morgan fingerprint density at radius 2 is 1.40 bits per heavy atom. The summed E-state index contributed by atoms with van der Waals surface area (Å²) in [6, 6.07) is 0. The van der Waals surface area contributed by atoms with E-state index in [1.54, 1.807) is 0 Å². The van der Waals surface area contributed by atoms with E-state index in [0.29, 0.717) is 31.2 Å². The van der Waals surface area contributed by atoms with E-state index < -0.39 is 11.4 Å². The fourth-order valence-electron chi connectivity index (χ4n) is 2.42. The minimum Gasteiger partial charge on any atom is -0.481 e. The normalized spacial score (nSPS) is 12.7. The zero-order valence-electron chi connectivity index (χ0n) is 14.4. The Balaban J connectivity index is 4.76. The number of hydrogen-bond acceptors (Lipinski definition) is 2. The van der Waals surface area contributed by atoms with E-state index in [-0.39, 0.29) is 0 Å². The van der Waals surface area contributed by atoms with Gasteiger partial charge in [0.15, 0.2) is 0 Å². The lowest BCUT2D eigenvalue weighted by molar-refractivity contribution is -0.150. The summed E-state index contributed by atoms with van der Waals surface area (Å²) in [4.78, 5) is 14.0. The summed E-state index contributed by atoms with van der Waals surface area (Å²) in [6.45, 7) is 15.6. The van der Waals surface area contributed by atoms with Crippen molar-refractivity contribution in [3.05, 3.63) is 0 Å². The van der Waals surface area contributed by atoms with Gasteiger partial charge in [-0.15, -0.1) is 0 Å². The molecule has 0 aliphatic rings. The third-order valence-electron chi connectivity index (χ3n) is 4.38. The van der Waals surface area contributed by atoms with Crippen LogP contribution in [0, 0.1) is 17.3 Å². The fourth-order valence-corrected chi connectivity index (χ4v) is 2.42. The molecule has 120 valence electrons. The van der Waals surface area contributed by atoms with Crippen molar-refractivity contribution in [3.8, 4) is 0 Å². The van der Waals surface area contributed by atoms with Crippen LogP contribution in [0.3, 0.4) is 0 Å². The molecular weight excluding hydrogens is 250 g/mol. The number of hydrogen-bond donors (Lipinski definition) is 1. The van der Waals surface area contributed by atoms with Gasteiger partial charge in [-0.3, -0.25) is 4.79 Å². The molecule has 0 fully saturated rings. The number of rotatable bonds is 11. The summed E-state index contributed by atoms with van der Waals surface area (Å²) < 4.78 is 0. The maximum Gasteiger partial charge on any atom is 0.310 e. The molecule has 0 aromatic heterocycles. The number of carboxylic acids is 1. The topological polar surface area (TPSA) is 40.5 Å². The molecule has 0 radical (unpaired) electrons. The smallest absolute Gasteiger partial charge is 0.310 e. The Labute approximate surface area is 125 Å². The average Bonchev–Trinajstić information content (AvgIpc) is 2.37. The summed E-state index contributed by atoms with van der Waals surface area (Å²) in [5, 5.41) is 9.60. The highest BCUT2D eigenvalue weighted by Gasteiger charge is 2.36. The van der Waals surface area contributed by atoms with Crippen LogP contribution in [0.5, 0.6) is 0 Å². The second kappa shape index (κ2) is 9.38. The molecule has 0 saturated carbocycles. The highest BCUT2D eigenvalue weighted by Crippen LogP contribution is 2.28. The third-order valence-corrected chi connectivity index (χ3v) is 4.38. The molecule has 20 heavy (non-hydrogen) atoms. The molecular formula is C17H35NO2. The average molecular weight is 285 g/mol. The van der Waals surface area contributed by atoms with Crippen LogP contribution in [-0.4, -0.2) is 35.6 Å². The molecule has 1 N–H and O–H groups in total. The number of aliphatic carboxylic acids is 1. The Bertz CT molecular complexity index is 258. The van der Waals surface area contributed by atoms with E-state index in [1.807, 2.05) is 13.8 Å². The molecule has 0 aliphatic carbocycles. The lowest BCUT2D eigenvalue weighted by atomic mass is 9.81. The number of nitrogens with zero attached hydrogens (tertiary/aromatic N) is 1. The minimum atomic E-state index is -0.637. The van der Waals surface area contributed by atoms with Crippen molar-refractivity contribution < 1.29 is 9.90 Å². The maximum absolute atomic E-state index is 11.7. The molecule has 0 saturated heterocycles. The zero-order valence-corrected chi connectivity index (χ0v) is 14.4. The van der Waals surface area contributed by atoms with Crippen LogP contribution in [0.15, 0.2) is 0 Å². The molecule has 0 amide bonds. The van der Waals surface area contributed by atoms with Gasteiger partial charge in [-0.25, -0.2) is 0 Å². The second-order valence-electron chi connectivity index (χ2n) is 6.93. The lowest BCUT2D eigenvalue weighted by Gasteiger charge is -2.34. The Kier molecular flexibility index (Phi) is 9.11. The molecule has 0 heterocycles. The van der Waals surface area contributed by atoms with Crippen LogP contribution in [0.4, 0.5) is 0 Å². The van der Waals surface area contributed by atoms with E-state index in [4.69, 9.17) is 0 Å². The number of carbonyl (C=O) groups is 1. The van der Waals surface area contributed by atoms with Gasteiger partial charge < -0.3 is 10.0 Å². The van der Waals surface area contributed by atoms with Crippen LogP contribution in [-0.2, 0) is 4.79 Å². The van der Waals surface area contributed by atoms with Crippen molar-refractivity contribution in [2.24, 2.45) is 17.3 Å². The van der Waals surface area contributed by atoms with Crippen molar-refractivity contribution in [3.63, 3.8) is 0 Å². The molecule has 0 unspecified atom stereocenters. The minimum absolute atomic E-state index is 0.575. The van der Waals surface area contributed by atoms with E-state index in [1.165, 1.54) is 0 Å². The van der Waals surface area contributed by atoms with Crippen molar-refractivity contribution in [2.75, 3.05) is 19.6 Å². The highest BCUT2D eigenvalue weighted by molar-refractivity contribution is 5.74. The lowest BCUT2D eigenvalue weighted by Crippen LogP contribution is -2.43. The number of carboxylic acid groups (broad SMARTS) is 1. The van der Waals surface area contributed by atoms with Gasteiger partial charge in [0.2, 0.25) is 0 Å². The van der Waals surface area contributed by atoms with E-state index in [9.17, 15) is 9.90 Å². The molecule has 0 bridgehead atoms. The Hall–Kier alpha value is -0.570. The fraction of sp³-hybridized carbons (Fsp3) is 0.941. The van der Waals surface area contributed by atoms with Gasteiger partial charge in [0.25, 0.3) is 0 Å². The molecule has 0 aromatic carbocycles. The highest BCUT2D eigenvalue weighted by atomic mass is 16.4. The molecule has 0 rings (SSSR count). The summed E-state index contributed by atoms with van der Waals surface area (Å²) >= 11 is 0. The Morgan fingerprint density at radius 3 is 1.65 bits per heavy atom. The van der Waals surface area contributed by atoms with Gasteiger partial charge in [0.05, 0.1) is 5.41 Å². The predicted molar refractivity (Wildman–Crippen MR) is 86.0 cm³/mol.